The molecule has 94 valence electrons. The lowest BCUT2D eigenvalue weighted by Crippen LogP contribution is -2.27. The number of carbonyl (C=O) groups is 1. The molecule has 1 aliphatic rings. The average molecular weight is 244 g/mol. The second kappa shape index (κ2) is 4.82. The number of hydrogen-bond acceptors (Lipinski definition) is 2. The van der Waals surface area contributed by atoms with Crippen molar-refractivity contribution in [1.29, 1.82) is 0 Å². The summed E-state index contributed by atoms with van der Waals surface area (Å²) in [5.41, 5.74) is 1.78. The molecule has 1 N–H and O–H groups in total. The van der Waals surface area contributed by atoms with E-state index in [1.807, 2.05) is 30.5 Å². The number of nitrogens with one attached hydrogen (secondary N) is 1. The van der Waals surface area contributed by atoms with Crippen LogP contribution in [0, 0.1) is 0 Å². The van der Waals surface area contributed by atoms with Crippen molar-refractivity contribution in [1.82, 2.24) is 4.98 Å². The Balaban J connectivity index is 1.82. The summed E-state index contributed by atoms with van der Waals surface area (Å²) in [5, 5.41) is 2.47. The van der Waals surface area contributed by atoms with Crippen LogP contribution in [0.1, 0.15) is 25.7 Å². The van der Waals surface area contributed by atoms with Crippen molar-refractivity contribution < 1.29 is 9.63 Å². The fourth-order valence-corrected chi connectivity index (χ4v) is 2.47. The van der Waals surface area contributed by atoms with E-state index in [9.17, 15) is 4.79 Å². The molecule has 4 heteroatoms. The molecule has 18 heavy (non-hydrogen) atoms. The van der Waals surface area contributed by atoms with Crippen molar-refractivity contribution in [2.24, 2.45) is 0 Å². The standard InChI is InChI=1S/C14H16N2O2/c17-10-16(18-13-3-1-2-4-13)12-6-5-11-7-8-15-14(11)9-12/h5-10,13,15H,1-4H2. The molecule has 0 bridgehead atoms. The van der Waals surface area contributed by atoms with Crippen LogP contribution in [-0.4, -0.2) is 17.5 Å². The smallest absolute Gasteiger partial charge is 0.238 e. The van der Waals surface area contributed by atoms with E-state index in [4.69, 9.17) is 4.84 Å². The van der Waals surface area contributed by atoms with Gasteiger partial charge in [0.05, 0.1) is 11.8 Å². The van der Waals surface area contributed by atoms with Gasteiger partial charge in [-0.1, -0.05) is 18.9 Å². The van der Waals surface area contributed by atoms with Crippen LogP contribution >= 0.6 is 0 Å². The van der Waals surface area contributed by atoms with Crippen LogP contribution in [0.5, 0.6) is 0 Å². The van der Waals surface area contributed by atoms with Gasteiger partial charge < -0.3 is 4.98 Å². The number of hydroxylamine groups is 1. The molecule has 1 fully saturated rings. The summed E-state index contributed by atoms with van der Waals surface area (Å²) in [6, 6.07) is 7.82. The van der Waals surface area contributed by atoms with Gasteiger partial charge in [-0.25, -0.2) is 0 Å². The zero-order valence-electron chi connectivity index (χ0n) is 10.1. The van der Waals surface area contributed by atoms with Gasteiger partial charge in [-0.05, 0) is 36.4 Å². The number of carbonyl (C=O) groups excluding carboxylic acids is 1. The first-order chi connectivity index (χ1) is 8.86. The van der Waals surface area contributed by atoms with Crippen LogP contribution in [0.25, 0.3) is 10.9 Å². The van der Waals surface area contributed by atoms with Crippen LogP contribution in [0.15, 0.2) is 30.5 Å². The number of benzene rings is 1. The zero-order chi connectivity index (χ0) is 12.4. The minimum Gasteiger partial charge on any atom is -0.361 e. The Morgan fingerprint density at radius 2 is 2.11 bits per heavy atom. The molecule has 0 unspecified atom stereocenters. The fraction of sp³-hybridized carbons (Fsp3) is 0.357. The number of hydrogen-bond donors (Lipinski definition) is 1. The Morgan fingerprint density at radius 3 is 2.89 bits per heavy atom. The number of aromatic amines is 1. The summed E-state index contributed by atoms with van der Waals surface area (Å²) in [4.78, 5) is 20.0. The predicted octanol–water partition coefficient (Wildman–Crippen LogP) is 3.00. The summed E-state index contributed by atoms with van der Waals surface area (Å²) in [6.45, 7) is 0. The van der Waals surface area contributed by atoms with Crippen LogP contribution in [0.4, 0.5) is 5.69 Å². The summed E-state index contributed by atoms with van der Waals surface area (Å²) in [5.74, 6) is 0. The SMILES string of the molecule is O=CN(OC1CCCC1)c1ccc2cc[nH]c2c1. The summed E-state index contributed by atoms with van der Waals surface area (Å²) in [7, 11) is 0. The highest BCUT2D eigenvalue weighted by Crippen LogP contribution is 2.25. The molecule has 2 aromatic rings. The van der Waals surface area contributed by atoms with Gasteiger partial charge >= 0.3 is 0 Å². The molecule has 0 spiro atoms. The highest BCUT2D eigenvalue weighted by atomic mass is 16.7. The number of aromatic nitrogens is 1. The number of rotatable bonds is 4. The van der Waals surface area contributed by atoms with E-state index in [2.05, 4.69) is 4.98 Å². The topological polar surface area (TPSA) is 45.3 Å². The van der Waals surface area contributed by atoms with Crippen LogP contribution in [0.3, 0.4) is 0 Å². The highest BCUT2D eigenvalue weighted by molar-refractivity contribution is 5.85. The summed E-state index contributed by atoms with van der Waals surface area (Å²) >= 11 is 0. The van der Waals surface area contributed by atoms with Gasteiger partial charge in [-0.15, -0.1) is 0 Å². The number of nitrogens with zero attached hydrogens (tertiary/aromatic N) is 1. The molecule has 1 aromatic carbocycles. The highest BCUT2D eigenvalue weighted by Gasteiger charge is 2.19. The second-order valence-corrected chi connectivity index (χ2v) is 4.69. The van der Waals surface area contributed by atoms with E-state index in [0.29, 0.717) is 0 Å². The maximum atomic E-state index is 11.2. The van der Waals surface area contributed by atoms with E-state index >= 15 is 0 Å². The predicted molar refractivity (Wildman–Crippen MR) is 70.2 cm³/mol. The molecular weight excluding hydrogens is 228 g/mol. The molecule has 1 amide bonds. The lowest BCUT2D eigenvalue weighted by atomic mass is 10.2. The number of amides is 1. The fourth-order valence-electron chi connectivity index (χ4n) is 2.47. The normalized spacial score (nSPS) is 16.2. The first-order valence-corrected chi connectivity index (χ1v) is 6.35. The van der Waals surface area contributed by atoms with E-state index in [0.717, 1.165) is 35.8 Å². The van der Waals surface area contributed by atoms with Crippen molar-refractivity contribution in [3.63, 3.8) is 0 Å². The molecule has 0 saturated heterocycles. The molecule has 1 heterocycles. The molecular formula is C14H16N2O2. The zero-order valence-corrected chi connectivity index (χ0v) is 10.1. The molecule has 1 aliphatic carbocycles. The Morgan fingerprint density at radius 1 is 1.28 bits per heavy atom. The van der Waals surface area contributed by atoms with Gasteiger partial charge in [0.25, 0.3) is 0 Å². The third-order valence-electron chi connectivity index (χ3n) is 3.45. The van der Waals surface area contributed by atoms with Gasteiger partial charge in [0.1, 0.15) is 0 Å². The molecule has 1 saturated carbocycles. The Labute approximate surface area is 105 Å². The second-order valence-electron chi connectivity index (χ2n) is 4.69. The molecule has 3 rings (SSSR count). The van der Waals surface area contributed by atoms with Crippen molar-refractivity contribution in [2.75, 3.05) is 5.06 Å². The van der Waals surface area contributed by atoms with Crippen molar-refractivity contribution in [3.8, 4) is 0 Å². The quantitative estimate of drug-likeness (QED) is 0.663. The van der Waals surface area contributed by atoms with Gasteiger partial charge in [0.2, 0.25) is 6.41 Å². The lowest BCUT2D eigenvalue weighted by Gasteiger charge is -2.21. The Bertz CT molecular complexity index is 543. The molecule has 0 radical (unpaired) electrons. The van der Waals surface area contributed by atoms with Gasteiger partial charge in [0.15, 0.2) is 0 Å². The maximum absolute atomic E-state index is 11.2. The third-order valence-corrected chi connectivity index (χ3v) is 3.45. The van der Waals surface area contributed by atoms with Crippen LogP contribution < -0.4 is 5.06 Å². The monoisotopic (exact) mass is 244 g/mol. The summed E-state index contributed by atoms with van der Waals surface area (Å²) < 4.78 is 0. The number of anilines is 1. The van der Waals surface area contributed by atoms with Gasteiger partial charge in [-0.2, -0.15) is 5.06 Å². The molecule has 0 aliphatic heterocycles. The van der Waals surface area contributed by atoms with E-state index < -0.39 is 0 Å². The van der Waals surface area contributed by atoms with Crippen molar-refractivity contribution in [3.05, 3.63) is 30.5 Å². The van der Waals surface area contributed by atoms with Crippen LogP contribution in [0.2, 0.25) is 0 Å². The van der Waals surface area contributed by atoms with E-state index in [1.165, 1.54) is 17.9 Å². The van der Waals surface area contributed by atoms with Gasteiger partial charge in [-0.3, -0.25) is 9.63 Å². The van der Waals surface area contributed by atoms with Crippen LogP contribution in [-0.2, 0) is 9.63 Å². The summed E-state index contributed by atoms with van der Waals surface area (Å²) in [6.07, 6.45) is 7.25. The lowest BCUT2D eigenvalue weighted by molar-refractivity contribution is -0.116. The third kappa shape index (κ3) is 2.11. The average Bonchev–Trinajstić information content (AvgIpc) is 3.06. The van der Waals surface area contributed by atoms with Crippen molar-refractivity contribution in [2.45, 2.75) is 31.8 Å². The first kappa shape index (κ1) is 11.3. The molecule has 1 aromatic heterocycles. The minimum absolute atomic E-state index is 0.175. The minimum atomic E-state index is 0.175. The van der Waals surface area contributed by atoms with Crippen molar-refractivity contribution >= 4 is 23.0 Å². The van der Waals surface area contributed by atoms with E-state index in [1.54, 1.807) is 0 Å². The first-order valence-electron chi connectivity index (χ1n) is 6.35. The number of H-pyrrole nitrogens is 1. The Hall–Kier alpha value is -1.81. The van der Waals surface area contributed by atoms with E-state index in [-0.39, 0.29) is 6.10 Å². The molecule has 0 atom stereocenters. The Kier molecular flexibility index (Phi) is 3.02. The molecule has 4 nitrogen and oxygen atoms in total. The largest absolute Gasteiger partial charge is 0.361 e. The van der Waals surface area contributed by atoms with Gasteiger partial charge in [0, 0.05) is 11.7 Å². The maximum Gasteiger partial charge on any atom is 0.238 e. The number of fused-ring (bicyclic) bond motifs is 1.